The molecule has 11 unspecified atom stereocenters. The number of allylic oxidation sites excluding steroid dienone is 2. The molecule has 0 amide bonds. The van der Waals surface area contributed by atoms with Crippen LogP contribution in [0.1, 0.15) is 71.6 Å². The topological polar surface area (TPSA) is 214 Å². The van der Waals surface area contributed by atoms with E-state index in [0.29, 0.717) is 6.61 Å². The van der Waals surface area contributed by atoms with Crippen molar-refractivity contribution in [2.45, 2.75) is 139 Å². The fourth-order valence-electron chi connectivity index (χ4n) is 4.93. The van der Waals surface area contributed by atoms with Crippen LogP contribution in [0.4, 0.5) is 0 Å². The molecule has 258 valence electrons. The van der Waals surface area contributed by atoms with Gasteiger partial charge in [-0.3, -0.25) is 4.79 Å². The van der Waals surface area contributed by atoms with Gasteiger partial charge in [0, 0.05) is 13.5 Å². The Bertz CT molecular complexity index is 798. The van der Waals surface area contributed by atoms with Crippen molar-refractivity contribution >= 4 is 5.97 Å². The van der Waals surface area contributed by atoms with E-state index in [9.17, 15) is 40.5 Å². The first kappa shape index (κ1) is 38.9. The van der Waals surface area contributed by atoms with E-state index in [1.165, 1.54) is 32.6 Å². The molecule has 14 nitrogen and oxygen atoms in total. The number of hydrogen-bond donors (Lipinski definition) is 7. The van der Waals surface area contributed by atoms with Crippen LogP contribution in [0.15, 0.2) is 12.2 Å². The van der Waals surface area contributed by atoms with Gasteiger partial charge in [0.05, 0.1) is 26.4 Å². The lowest BCUT2D eigenvalue weighted by molar-refractivity contribution is -0.332. The summed E-state index contributed by atoms with van der Waals surface area (Å²) in [6.45, 7) is 2.55. The second-order valence-corrected chi connectivity index (χ2v) is 11.4. The maximum atomic E-state index is 11.6. The number of ether oxygens (including phenoxy) is 6. The van der Waals surface area contributed by atoms with Crippen molar-refractivity contribution < 1.29 is 69.0 Å². The quantitative estimate of drug-likeness (QED) is 0.0487. The van der Waals surface area contributed by atoms with Crippen molar-refractivity contribution in [3.63, 3.8) is 0 Å². The summed E-state index contributed by atoms with van der Waals surface area (Å²) in [5, 5.41) is 70.5. The van der Waals surface area contributed by atoms with Crippen LogP contribution in [-0.2, 0) is 33.2 Å². The number of aliphatic hydroxyl groups excluding tert-OH is 7. The number of hydrogen-bond acceptors (Lipinski definition) is 14. The fraction of sp³-hybridized carbons (Fsp3) is 0.900. The molecule has 7 N–H and O–H groups in total. The summed E-state index contributed by atoms with van der Waals surface area (Å²) >= 11 is 0. The molecule has 2 saturated heterocycles. The van der Waals surface area contributed by atoms with Gasteiger partial charge < -0.3 is 64.2 Å². The summed E-state index contributed by atoms with van der Waals surface area (Å²) in [5.74, 6) is -0.557. The minimum atomic E-state index is -1.70. The van der Waals surface area contributed by atoms with Gasteiger partial charge in [0.1, 0.15) is 54.9 Å². The average molecular weight is 639 g/mol. The molecule has 44 heavy (non-hydrogen) atoms. The highest BCUT2D eigenvalue weighted by Gasteiger charge is 2.47. The lowest BCUT2D eigenvalue weighted by Crippen LogP contribution is -2.61. The Morgan fingerprint density at radius 1 is 0.727 bits per heavy atom. The molecule has 0 bridgehead atoms. The molecule has 0 saturated carbocycles. The number of esters is 1. The summed E-state index contributed by atoms with van der Waals surface area (Å²) in [7, 11) is 0. The summed E-state index contributed by atoms with van der Waals surface area (Å²) in [6.07, 6.45) is -1.62. The first-order chi connectivity index (χ1) is 21.1. The molecule has 2 aliphatic rings. The summed E-state index contributed by atoms with van der Waals surface area (Å²) in [4.78, 5) is 11.6. The standard InChI is InChI=1S/C30H54O14/c1-3-4-5-6-7-8-9-10-11-12-13-14-39-16-20(42-19(2)32)17-40-29-28(38)26(36)24(34)22(44-29)18-41-30-27(37)25(35)23(33)21(15-31)43-30/h5-6,20-31,33-38H,3-4,7-18H2,1-2H3/b6-5-. The van der Waals surface area contributed by atoms with Gasteiger partial charge in [-0.15, -0.1) is 0 Å². The predicted octanol–water partition coefficient (Wildman–Crippen LogP) is -0.338. The van der Waals surface area contributed by atoms with E-state index >= 15 is 0 Å². The smallest absolute Gasteiger partial charge is 0.303 e. The molecule has 11 atom stereocenters. The summed E-state index contributed by atoms with van der Waals surface area (Å²) in [5.41, 5.74) is 0. The van der Waals surface area contributed by atoms with E-state index < -0.39 is 86.7 Å². The average Bonchev–Trinajstić information content (AvgIpc) is 3.00. The van der Waals surface area contributed by atoms with Crippen LogP contribution in [0.25, 0.3) is 0 Å². The lowest BCUT2D eigenvalue weighted by Gasteiger charge is -2.42. The van der Waals surface area contributed by atoms with E-state index in [0.717, 1.165) is 32.1 Å². The van der Waals surface area contributed by atoms with Crippen LogP contribution in [-0.4, -0.2) is 142 Å². The van der Waals surface area contributed by atoms with Gasteiger partial charge >= 0.3 is 5.97 Å². The third kappa shape index (κ3) is 13.2. The van der Waals surface area contributed by atoms with E-state index in [1.54, 1.807) is 0 Å². The van der Waals surface area contributed by atoms with Gasteiger partial charge in [-0.05, 0) is 25.7 Å². The molecular formula is C30H54O14. The van der Waals surface area contributed by atoms with Gasteiger partial charge in [-0.25, -0.2) is 0 Å². The van der Waals surface area contributed by atoms with Crippen LogP contribution >= 0.6 is 0 Å². The summed E-state index contributed by atoms with van der Waals surface area (Å²) in [6, 6.07) is 0. The SMILES string of the molecule is CCC/C=C\CCCCCCCCOCC(COC1OC(COC2OC(CO)C(O)C(O)C2O)C(O)C(O)C1O)OC(C)=O. The maximum absolute atomic E-state index is 11.6. The Labute approximate surface area is 259 Å². The molecule has 2 heterocycles. The minimum Gasteiger partial charge on any atom is -0.458 e. The van der Waals surface area contributed by atoms with Crippen molar-refractivity contribution in [2.24, 2.45) is 0 Å². The number of aliphatic hydroxyl groups is 7. The first-order valence-corrected chi connectivity index (χ1v) is 15.7. The molecule has 0 spiro atoms. The maximum Gasteiger partial charge on any atom is 0.303 e. The molecular weight excluding hydrogens is 584 g/mol. The fourth-order valence-corrected chi connectivity index (χ4v) is 4.93. The van der Waals surface area contributed by atoms with Crippen LogP contribution in [0, 0.1) is 0 Å². The Hall–Kier alpha value is -1.27. The van der Waals surface area contributed by atoms with Crippen molar-refractivity contribution in [3.05, 3.63) is 12.2 Å². The Kier molecular flexibility index (Phi) is 19.0. The zero-order valence-electron chi connectivity index (χ0n) is 25.9. The molecule has 2 fully saturated rings. The Morgan fingerprint density at radius 3 is 1.93 bits per heavy atom. The van der Waals surface area contributed by atoms with Crippen molar-refractivity contribution in [1.29, 1.82) is 0 Å². The van der Waals surface area contributed by atoms with Crippen molar-refractivity contribution in [1.82, 2.24) is 0 Å². The molecule has 0 radical (unpaired) electrons. The molecule has 0 aromatic heterocycles. The third-order valence-corrected chi connectivity index (χ3v) is 7.56. The van der Waals surface area contributed by atoms with Gasteiger partial charge in [0.2, 0.25) is 0 Å². The van der Waals surface area contributed by atoms with Crippen LogP contribution in [0.5, 0.6) is 0 Å². The molecule has 14 heteroatoms. The van der Waals surface area contributed by atoms with E-state index in [2.05, 4.69) is 19.1 Å². The summed E-state index contributed by atoms with van der Waals surface area (Å²) < 4.78 is 32.8. The molecule has 2 aliphatic heterocycles. The van der Waals surface area contributed by atoms with Crippen LogP contribution < -0.4 is 0 Å². The van der Waals surface area contributed by atoms with Crippen LogP contribution in [0.2, 0.25) is 0 Å². The minimum absolute atomic E-state index is 0.0430. The van der Waals surface area contributed by atoms with Crippen LogP contribution in [0.3, 0.4) is 0 Å². The van der Waals surface area contributed by atoms with Crippen molar-refractivity contribution in [3.8, 4) is 0 Å². The zero-order chi connectivity index (χ0) is 32.5. The van der Waals surface area contributed by atoms with Gasteiger partial charge in [0.25, 0.3) is 0 Å². The largest absolute Gasteiger partial charge is 0.458 e. The monoisotopic (exact) mass is 638 g/mol. The first-order valence-electron chi connectivity index (χ1n) is 15.7. The second kappa shape index (κ2) is 21.5. The Balaban J connectivity index is 1.75. The molecule has 2 rings (SSSR count). The Morgan fingerprint density at radius 2 is 1.30 bits per heavy atom. The highest BCUT2D eigenvalue weighted by Crippen LogP contribution is 2.26. The van der Waals surface area contributed by atoms with Crippen molar-refractivity contribution in [2.75, 3.05) is 33.0 Å². The third-order valence-electron chi connectivity index (χ3n) is 7.56. The van der Waals surface area contributed by atoms with Gasteiger partial charge in [-0.2, -0.15) is 0 Å². The highest BCUT2D eigenvalue weighted by atomic mass is 16.7. The van der Waals surface area contributed by atoms with E-state index in [-0.39, 0.29) is 13.2 Å². The molecule has 0 aliphatic carbocycles. The van der Waals surface area contributed by atoms with E-state index in [1.807, 2.05) is 0 Å². The zero-order valence-corrected chi connectivity index (χ0v) is 25.9. The number of carbonyl (C=O) groups excluding carboxylic acids is 1. The van der Waals surface area contributed by atoms with Gasteiger partial charge in [-0.1, -0.05) is 51.2 Å². The molecule has 0 aromatic rings. The second-order valence-electron chi connectivity index (χ2n) is 11.4. The number of carbonyl (C=O) groups is 1. The van der Waals surface area contributed by atoms with Gasteiger partial charge in [0.15, 0.2) is 12.6 Å². The lowest BCUT2D eigenvalue weighted by atomic mass is 9.98. The molecule has 0 aromatic carbocycles. The normalized spacial score (nSPS) is 33.5. The predicted molar refractivity (Wildman–Crippen MR) is 155 cm³/mol. The van der Waals surface area contributed by atoms with E-state index in [4.69, 9.17) is 28.4 Å². The number of rotatable bonds is 21. The number of unbranched alkanes of at least 4 members (excludes halogenated alkanes) is 7. The highest BCUT2D eigenvalue weighted by molar-refractivity contribution is 5.66.